The monoisotopic (exact) mass is 375 g/mol. The minimum absolute atomic E-state index is 0.232. The number of rotatable bonds is 4. The summed E-state index contributed by atoms with van der Waals surface area (Å²) in [4.78, 5) is 33.7. The van der Waals surface area contributed by atoms with Gasteiger partial charge < -0.3 is 14.5 Å². The maximum Gasteiger partial charge on any atom is 0.410 e. The maximum absolute atomic E-state index is 12.1. The highest BCUT2D eigenvalue weighted by atomic mass is 16.7. The minimum atomic E-state index is -0.458. The lowest BCUT2D eigenvalue weighted by Gasteiger charge is -2.42. The third kappa shape index (κ3) is 5.68. The molecule has 1 aromatic rings. The van der Waals surface area contributed by atoms with E-state index >= 15 is 0 Å². The first-order valence-electron chi connectivity index (χ1n) is 9.53. The van der Waals surface area contributed by atoms with Crippen LogP contribution in [0, 0.1) is 5.92 Å². The Hall–Kier alpha value is -2.12. The van der Waals surface area contributed by atoms with Gasteiger partial charge in [0.25, 0.3) is 0 Å². The molecule has 148 valence electrons. The van der Waals surface area contributed by atoms with Crippen molar-refractivity contribution in [2.24, 2.45) is 5.92 Å². The largest absolute Gasteiger partial charge is 0.444 e. The molecule has 0 spiro atoms. The zero-order chi connectivity index (χ0) is 19.4. The van der Waals surface area contributed by atoms with Crippen molar-refractivity contribution in [2.75, 3.05) is 45.8 Å². The smallest absolute Gasteiger partial charge is 0.410 e. The normalized spacial score (nSPS) is 19.4. The summed E-state index contributed by atoms with van der Waals surface area (Å²) in [6, 6.07) is 9.03. The number of ether oxygens (including phenoxy) is 1. The first kappa shape index (κ1) is 19.6. The molecule has 7 heteroatoms. The van der Waals surface area contributed by atoms with E-state index in [1.54, 1.807) is 22.1 Å². The van der Waals surface area contributed by atoms with Gasteiger partial charge in [0.15, 0.2) is 0 Å². The van der Waals surface area contributed by atoms with E-state index in [-0.39, 0.29) is 12.1 Å². The third-order valence-electron chi connectivity index (χ3n) is 4.69. The summed E-state index contributed by atoms with van der Waals surface area (Å²) in [5, 5.41) is 1.72. The van der Waals surface area contributed by atoms with Crippen molar-refractivity contribution in [3.63, 3.8) is 0 Å². The molecule has 0 atom stereocenters. The van der Waals surface area contributed by atoms with Gasteiger partial charge in [0.05, 0.1) is 5.56 Å². The molecule has 0 radical (unpaired) electrons. The van der Waals surface area contributed by atoms with Gasteiger partial charge in [0.2, 0.25) is 0 Å². The van der Waals surface area contributed by atoms with Crippen LogP contribution >= 0.6 is 0 Å². The topological polar surface area (TPSA) is 62.3 Å². The van der Waals surface area contributed by atoms with Crippen LogP contribution in [0.15, 0.2) is 30.3 Å². The molecule has 2 heterocycles. The summed E-state index contributed by atoms with van der Waals surface area (Å²) in [7, 11) is 0. The Morgan fingerprint density at radius 1 is 1.04 bits per heavy atom. The van der Waals surface area contributed by atoms with E-state index in [9.17, 15) is 9.59 Å². The van der Waals surface area contributed by atoms with E-state index in [0.29, 0.717) is 24.6 Å². The van der Waals surface area contributed by atoms with E-state index < -0.39 is 5.60 Å². The van der Waals surface area contributed by atoms with Gasteiger partial charge in [-0.1, -0.05) is 18.2 Å². The van der Waals surface area contributed by atoms with Gasteiger partial charge in [-0.2, -0.15) is 0 Å². The van der Waals surface area contributed by atoms with Gasteiger partial charge in [-0.05, 0) is 32.9 Å². The van der Waals surface area contributed by atoms with Crippen molar-refractivity contribution < 1.29 is 19.2 Å². The molecule has 0 aromatic heterocycles. The highest BCUT2D eigenvalue weighted by molar-refractivity contribution is 5.89. The number of nitrogens with zero attached hydrogens (tertiary/aromatic N) is 3. The molecule has 2 fully saturated rings. The van der Waals surface area contributed by atoms with Crippen LogP contribution in [0.5, 0.6) is 0 Å². The first-order chi connectivity index (χ1) is 12.8. The second-order valence-corrected chi connectivity index (χ2v) is 8.23. The first-order valence-corrected chi connectivity index (χ1v) is 9.53. The Morgan fingerprint density at radius 3 is 2.26 bits per heavy atom. The molecule has 0 saturated carbocycles. The van der Waals surface area contributed by atoms with Gasteiger partial charge in [-0.25, -0.2) is 9.59 Å². The van der Waals surface area contributed by atoms with Crippen LogP contribution in [-0.2, 0) is 9.57 Å². The van der Waals surface area contributed by atoms with Crippen molar-refractivity contribution >= 4 is 12.1 Å². The molecule has 0 N–H and O–H groups in total. The van der Waals surface area contributed by atoms with Crippen LogP contribution in [0.3, 0.4) is 0 Å². The highest BCUT2D eigenvalue weighted by Gasteiger charge is 2.33. The van der Waals surface area contributed by atoms with Crippen LogP contribution in [0.1, 0.15) is 31.1 Å². The predicted octanol–water partition coefficient (Wildman–Crippen LogP) is 2.24. The van der Waals surface area contributed by atoms with E-state index in [4.69, 9.17) is 9.57 Å². The summed E-state index contributed by atoms with van der Waals surface area (Å²) in [5.74, 6) is 0.182. The van der Waals surface area contributed by atoms with Gasteiger partial charge in [0, 0.05) is 51.7 Å². The summed E-state index contributed by atoms with van der Waals surface area (Å²) in [6.07, 6.45) is -0.232. The van der Waals surface area contributed by atoms with Crippen molar-refractivity contribution in [1.29, 1.82) is 0 Å². The molecule has 2 aliphatic rings. The van der Waals surface area contributed by atoms with E-state index in [0.717, 1.165) is 32.7 Å². The average Bonchev–Trinajstić information content (AvgIpc) is 2.59. The molecule has 0 aliphatic carbocycles. The van der Waals surface area contributed by atoms with Crippen LogP contribution < -0.4 is 0 Å². The zero-order valence-electron chi connectivity index (χ0n) is 16.4. The third-order valence-corrected chi connectivity index (χ3v) is 4.69. The van der Waals surface area contributed by atoms with E-state index in [2.05, 4.69) is 4.90 Å². The number of piperazine rings is 1. The van der Waals surface area contributed by atoms with Gasteiger partial charge in [0.1, 0.15) is 5.60 Å². The van der Waals surface area contributed by atoms with E-state index in [1.807, 2.05) is 39.0 Å². The molecular weight excluding hydrogens is 346 g/mol. The summed E-state index contributed by atoms with van der Waals surface area (Å²) >= 11 is 0. The Morgan fingerprint density at radius 2 is 1.67 bits per heavy atom. The van der Waals surface area contributed by atoms with Crippen LogP contribution in [0.4, 0.5) is 4.79 Å². The molecule has 1 aromatic carbocycles. The Balaban J connectivity index is 1.33. The Labute approximate surface area is 160 Å². The number of carbonyl (C=O) groups is 2. The molecule has 3 rings (SSSR count). The van der Waals surface area contributed by atoms with Gasteiger partial charge >= 0.3 is 12.1 Å². The maximum atomic E-state index is 12.1. The van der Waals surface area contributed by atoms with Crippen molar-refractivity contribution in [3.8, 4) is 0 Å². The predicted molar refractivity (Wildman–Crippen MR) is 101 cm³/mol. The molecule has 0 bridgehead atoms. The summed E-state index contributed by atoms with van der Waals surface area (Å²) in [6.45, 7) is 11.2. The molecule has 7 nitrogen and oxygen atoms in total. The number of amides is 1. The second kappa shape index (κ2) is 8.27. The fraction of sp³-hybridized carbons (Fsp3) is 0.600. The van der Waals surface area contributed by atoms with Gasteiger partial charge in [-0.15, -0.1) is 5.06 Å². The molecule has 27 heavy (non-hydrogen) atoms. The Bertz CT molecular complexity index is 645. The Kier molecular flexibility index (Phi) is 6.01. The zero-order valence-corrected chi connectivity index (χ0v) is 16.4. The second-order valence-electron chi connectivity index (χ2n) is 8.23. The molecule has 0 unspecified atom stereocenters. The number of hydroxylamine groups is 2. The molecule has 2 aliphatic heterocycles. The SMILES string of the molecule is CC(C)(C)OC(=O)N1CCN(CC2CN(OC(=O)c3ccccc3)C2)CC1. The quantitative estimate of drug-likeness (QED) is 0.804. The molecule has 2 saturated heterocycles. The average molecular weight is 375 g/mol. The van der Waals surface area contributed by atoms with Crippen molar-refractivity contribution in [3.05, 3.63) is 35.9 Å². The number of hydrogen-bond donors (Lipinski definition) is 0. The number of hydrogen-bond acceptors (Lipinski definition) is 6. The fourth-order valence-electron chi connectivity index (χ4n) is 3.26. The fourth-order valence-corrected chi connectivity index (χ4v) is 3.26. The lowest BCUT2D eigenvalue weighted by atomic mass is 10.0. The van der Waals surface area contributed by atoms with Gasteiger partial charge in [-0.3, -0.25) is 4.90 Å². The van der Waals surface area contributed by atoms with Crippen LogP contribution in [-0.4, -0.2) is 78.3 Å². The number of benzene rings is 1. The van der Waals surface area contributed by atoms with Crippen molar-refractivity contribution in [1.82, 2.24) is 14.9 Å². The summed E-state index contributed by atoms with van der Waals surface area (Å²) in [5.41, 5.74) is 0.111. The summed E-state index contributed by atoms with van der Waals surface area (Å²) < 4.78 is 5.43. The highest BCUT2D eigenvalue weighted by Crippen LogP contribution is 2.20. The van der Waals surface area contributed by atoms with E-state index in [1.165, 1.54) is 0 Å². The molecular formula is C20H29N3O4. The standard InChI is InChI=1S/C20H29N3O4/c1-20(2,3)26-19(25)22-11-9-21(10-12-22)13-16-14-23(15-16)27-18(24)17-7-5-4-6-8-17/h4-8,16H,9-15H2,1-3H3. The van der Waals surface area contributed by atoms with Crippen LogP contribution in [0.2, 0.25) is 0 Å². The van der Waals surface area contributed by atoms with Crippen molar-refractivity contribution in [2.45, 2.75) is 26.4 Å². The molecule has 1 amide bonds. The lowest BCUT2D eigenvalue weighted by Crippen LogP contribution is -2.55. The van der Waals surface area contributed by atoms with Crippen LogP contribution in [0.25, 0.3) is 0 Å². The number of carbonyl (C=O) groups excluding carboxylic acids is 2. The lowest BCUT2D eigenvalue weighted by molar-refractivity contribution is -0.177. The minimum Gasteiger partial charge on any atom is -0.444 e.